The van der Waals surface area contributed by atoms with E-state index in [0.29, 0.717) is 13.2 Å². The number of sulfone groups is 1. The molecule has 0 bridgehead atoms. The number of ether oxygens (including phenoxy) is 1. The zero-order valence-electron chi connectivity index (χ0n) is 16.2. The molecule has 2 N–H and O–H groups in total. The van der Waals surface area contributed by atoms with E-state index < -0.39 is 21.5 Å². The largest absolute Gasteiger partial charge is 0.376 e. The van der Waals surface area contributed by atoms with E-state index in [-0.39, 0.29) is 28.2 Å². The van der Waals surface area contributed by atoms with Crippen molar-refractivity contribution in [2.75, 3.05) is 24.2 Å². The van der Waals surface area contributed by atoms with Crippen LogP contribution in [0.1, 0.15) is 28.8 Å². The van der Waals surface area contributed by atoms with Crippen LogP contribution < -0.4 is 10.6 Å². The number of hydrogen-bond acceptors (Lipinski definition) is 5. The second-order valence-corrected chi connectivity index (χ2v) is 9.00. The third-order valence-electron chi connectivity index (χ3n) is 4.66. The fraction of sp³-hybridized carbons (Fsp3) is 0.333. The number of aryl methyl sites for hydroxylation is 1. The van der Waals surface area contributed by atoms with Crippen molar-refractivity contribution in [3.05, 3.63) is 59.7 Å². The summed E-state index contributed by atoms with van der Waals surface area (Å²) in [6.07, 6.45) is 1.87. The minimum atomic E-state index is -3.78. The summed E-state index contributed by atoms with van der Waals surface area (Å²) in [5.41, 5.74) is 1.46. The Balaban J connectivity index is 1.65. The van der Waals surface area contributed by atoms with E-state index in [9.17, 15) is 18.0 Å². The molecule has 0 unspecified atom stereocenters. The van der Waals surface area contributed by atoms with E-state index in [2.05, 4.69) is 10.6 Å². The van der Waals surface area contributed by atoms with Gasteiger partial charge in [0.1, 0.15) is 5.75 Å². The highest BCUT2D eigenvalue weighted by Crippen LogP contribution is 2.17. The lowest BCUT2D eigenvalue weighted by Gasteiger charge is -2.14. The monoisotopic (exact) mass is 416 g/mol. The number of rotatable bonds is 7. The second-order valence-electron chi connectivity index (χ2n) is 7.01. The third-order valence-corrected chi connectivity index (χ3v) is 6.29. The number of carbonyl (C=O) groups is 2. The Morgan fingerprint density at radius 3 is 2.52 bits per heavy atom. The number of para-hydroxylation sites is 1. The van der Waals surface area contributed by atoms with Crippen molar-refractivity contribution in [1.29, 1.82) is 0 Å². The molecule has 7 nitrogen and oxygen atoms in total. The zero-order valence-corrected chi connectivity index (χ0v) is 17.0. The Labute approximate surface area is 170 Å². The number of anilines is 1. The summed E-state index contributed by atoms with van der Waals surface area (Å²) in [5.74, 6) is -1.76. The lowest BCUT2D eigenvalue weighted by molar-refractivity contribution is -0.113. The molecule has 2 aromatic carbocycles. The molecule has 1 fully saturated rings. The third kappa shape index (κ3) is 5.65. The van der Waals surface area contributed by atoms with Crippen LogP contribution in [-0.2, 0) is 19.4 Å². The molecule has 1 saturated heterocycles. The first-order valence-corrected chi connectivity index (χ1v) is 11.1. The molecule has 1 atom stereocenters. The van der Waals surface area contributed by atoms with Crippen molar-refractivity contribution in [3.63, 3.8) is 0 Å². The highest BCUT2D eigenvalue weighted by molar-refractivity contribution is 7.92. The van der Waals surface area contributed by atoms with Crippen LogP contribution in [0.15, 0.2) is 53.4 Å². The first kappa shape index (κ1) is 21.0. The minimum Gasteiger partial charge on any atom is -0.376 e. The molecule has 2 amide bonds. The van der Waals surface area contributed by atoms with Crippen LogP contribution in [0.3, 0.4) is 0 Å². The molecule has 8 heteroatoms. The van der Waals surface area contributed by atoms with Gasteiger partial charge < -0.3 is 15.4 Å². The van der Waals surface area contributed by atoms with Crippen molar-refractivity contribution >= 4 is 27.3 Å². The van der Waals surface area contributed by atoms with E-state index in [1.165, 1.54) is 12.1 Å². The number of benzene rings is 2. The number of hydrogen-bond donors (Lipinski definition) is 2. The first-order valence-electron chi connectivity index (χ1n) is 9.43. The molecular weight excluding hydrogens is 392 g/mol. The summed E-state index contributed by atoms with van der Waals surface area (Å²) >= 11 is 0. The molecule has 1 aliphatic heterocycles. The molecule has 0 spiro atoms. The van der Waals surface area contributed by atoms with Gasteiger partial charge in [0.05, 0.1) is 22.3 Å². The summed E-state index contributed by atoms with van der Waals surface area (Å²) in [6.45, 7) is 2.94. The van der Waals surface area contributed by atoms with Gasteiger partial charge in [-0.25, -0.2) is 8.42 Å². The van der Waals surface area contributed by atoms with Gasteiger partial charge in [0.2, 0.25) is 5.91 Å². The predicted molar refractivity (Wildman–Crippen MR) is 110 cm³/mol. The van der Waals surface area contributed by atoms with Crippen LogP contribution in [0, 0.1) is 6.92 Å². The Morgan fingerprint density at radius 2 is 1.83 bits per heavy atom. The van der Waals surface area contributed by atoms with Crippen molar-refractivity contribution in [1.82, 2.24) is 5.32 Å². The summed E-state index contributed by atoms with van der Waals surface area (Å²) in [4.78, 5) is 25.0. The lowest BCUT2D eigenvalue weighted by atomic mass is 10.1. The van der Waals surface area contributed by atoms with Gasteiger partial charge in [-0.1, -0.05) is 29.8 Å². The second kappa shape index (κ2) is 9.19. The van der Waals surface area contributed by atoms with E-state index in [1.54, 1.807) is 36.4 Å². The maximum Gasteiger partial charge on any atom is 0.253 e. The fourth-order valence-corrected chi connectivity index (χ4v) is 4.22. The van der Waals surface area contributed by atoms with Gasteiger partial charge in [-0.05, 0) is 44.0 Å². The molecule has 3 rings (SSSR count). The SMILES string of the molecule is Cc1ccc(S(=O)(=O)CC(=O)Nc2ccccc2C(=O)NC[C@H]2CCCO2)cc1. The molecule has 1 heterocycles. The smallest absolute Gasteiger partial charge is 0.253 e. The van der Waals surface area contributed by atoms with Crippen LogP contribution in [0.2, 0.25) is 0 Å². The van der Waals surface area contributed by atoms with Crippen molar-refractivity contribution < 1.29 is 22.7 Å². The maximum absolute atomic E-state index is 12.5. The van der Waals surface area contributed by atoms with Crippen LogP contribution in [-0.4, -0.2) is 45.2 Å². The molecule has 0 radical (unpaired) electrons. The normalized spacial score (nSPS) is 16.4. The fourth-order valence-electron chi connectivity index (χ4n) is 3.09. The van der Waals surface area contributed by atoms with E-state index in [1.807, 2.05) is 6.92 Å². The Bertz CT molecular complexity index is 980. The summed E-state index contributed by atoms with van der Waals surface area (Å²) < 4.78 is 30.4. The Morgan fingerprint density at radius 1 is 1.10 bits per heavy atom. The molecule has 1 aliphatic rings. The van der Waals surface area contributed by atoms with Gasteiger partial charge in [0.15, 0.2) is 9.84 Å². The highest BCUT2D eigenvalue weighted by atomic mass is 32.2. The van der Waals surface area contributed by atoms with Gasteiger partial charge in [0, 0.05) is 13.2 Å². The maximum atomic E-state index is 12.5. The topological polar surface area (TPSA) is 102 Å². The van der Waals surface area contributed by atoms with Gasteiger partial charge >= 0.3 is 0 Å². The standard InChI is InChI=1S/C21H24N2O5S/c1-15-8-10-17(11-9-15)29(26,27)14-20(24)23-19-7-3-2-6-18(19)21(25)22-13-16-5-4-12-28-16/h2-3,6-11,16H,4-5,12-14H2,1H3,(H,22,25)(H,23,24)/t16-/m1/s1. The Hall–Kier alpha value is -2.71. The van der Waals surface area contributed by atoms with E-state index >= 15 is 0 Å². The zero-order chi connectivity index (χ0) is 20.9. The van der Waals surface area contributed by atoms with E-state index in [0.717, 1.165) is 18.4 Å². The molecule has 154 valence electrons. The minimum absolute atomic E-state index is 0.000329. The van der Waals surface area contributed by atoms with Crippen LogP contribution in [0.25, 0.3) is 0 Å². The number of carbonyl (C=O) groups excluding carboxylic acids is 2. The van der Waals surface area contributed by atoms with Crippen LogP contribution in [0.4, 0.5) is 5.69 Å². The number of amides is 2. The van der Waals surface area contributed by atoms with Crippen molar-refractivity contribution in [2.45, 2.75) is 30.8 Å². The summed E-state index contributed by atoms with van der Waals surface area (Å²) in [7, 11) is -3.78. The van der Waals surface area contributed by atoms with E-state index in [4.69, 9.17) is 4.74 Å². The van der Waals surface area contributed by atoms with Gasteiger partial charge in [-0.2, -0.15) is 0 Å². The lowest BCUT2D eigenvalue weighted by Crippen LogP contribution is -2.32. The predicted octanol–water partition coefficient (Wildman–Crippen LogP) is 2.32. The highest BCUT2D eigenvalue weighted by Gasteiger charge is 2.22. The van der Waals surface area contributed by atoms with Gasteiger partial charge in [-0.3, -0.25) is 9.59 Å². The van der Waals surface area contributed by atoms with Gasteiger partial charge in [-0.15, -0.1) is 0 Å². The van der Waals surface area contributed by atoms with Crippen LogP contribution >= 0.6 is 0 Å². The molecule has 0 aromatic heterocycles. The average Bonchev–Trinajstić information content (AvgIpc) is 3.20. The molecule has 2 aromatic rings. The van der Waals surface area contributed by atoms with Crippen LogP contribution in [0.5, 0.6) is 0 Å². The quantitative estimate of drug-likeness (QED) is 0.721. The number of nitrogens with one attached hydrogen (secondary N) is 2. The first-order chi connectivity index (χ1) is 13.8. The molecule has 0 saturated carbocycles. The molecule has 29 heavy (non-hydrogen) atoms. The summed E-state index contributed by atoms with van der Waals surface area (Å²) in [5, 5.41) is 5.35. The Kier molecular flexibility index (Phi) is 6.66. The molecular formula is C21H24N2O5S. The van der Waals surface area contributed by atoms with Crippen molar-refractivity contribution in [3.8, 4) is 0 Å². The average molecular weight is 416 g/mol. The van der Waals surface area contributed by atoms with Crippen molar-refractivity contribution in [2.24, 2.45) is 0 Å². The molecule has 0 aliphatic carbocycles. The summed E-state index contributed by atoms with van der Waals surface area (Å²) in [6, 6.07) is 12.8. The van der Waals surface area contributed by atoms with Gasteiger partial charge in [0.25, 0.3) is 5.91 Å².